The third-order valence-corrected chi connectivity index (χ3v) is 10.1. The summed E-state index contributed by atoms with van der Waals surface area (Å²) >= 11 is 1.58. The highest BCUT2D eigenvalue weighted by Gasteiger charge is 2.38. The Hall–Kier alpha value is -2.72. The van der Waals surface area contributed by atoms with Gasteiger partial charge in [0.05, 0.1) is 18.8 Å². The first-order valence-electron chi connectivity index (χ1n) is 17.9. The Morgan fingerprint density at radius 1 is 0.830 bits per heavy atom. The molecule has 1 amide bonds. The van der Waals surface area contributed by atoms with Crippen molar-refractivity contribution < 1.29 is 19.4 Å². The molecule has 8 nitrogen and oxygen atoms in total. The molecule has 258 valence electrons. The molecular formula is C38H56N4O4S. The highest BCUT2D eigenvalue weighted by molar-refractivity contribution is 7.99. The predicted octanol–water partition coefficient (Wildman–Crippen LogP) is 8.98. The van der Waals surface area contributed by atoms with Crippen LogP contribution in [0, 0.1) is 5.92 Å². The Morgan fingerprint density at radius 3 is 2.02 bits per heavy atom. The maximum Gasteiger partial charge on any atom is 0.220 e. The van der Waals surface area contributed by atoms with Crippen molar-refractivity contribution >= 4 is 17.7 Å². The van der Waals surface area contributed by atoms with E-state index in [1.54, 1.807) is 11.8 Å². The second kappa shape index (κ2) is 21.3. The maximum absolute atomic E-state index is 12.5. The first-order valence-corrected chi connectivity index (χ1v) is 18.9. The Bertz CT molecular complexity index is 1260. The van der Waals surface area contributed by atoms with Gasteiger partial charge in [-0.15, -0.1) is 0 Å². The highest BCUT2D eigenvalue weighted by Crippen LogP contribution is 2.42. The molecule has 1 fully saturated rings. The lowest BCUT2D eigenvalue weighted by Gasteiger charge is -2.41. The van der Waals surface area contributed by atoms with Gasteiger partial charge in [-0.3, -0.25) is 9.89 Å². The van der Waals surface area contributed by atoms with E-state index in [0.717, 1.165) is 40.3 Å². The topological polar surface area (TPSA) is 109 Å². The number of hydrogen-bond acceptors (Lipinski definition) is 7. The largest absolute Gasteiger partial charge is 0.392 e. The standard InChI is InChI=1S/C38H56N4O4S/c1-3-4-5-6-7-8-9-10-11-12-13-14-15-16-35(44)39-25-30-17-23-33(24-18-30)37-45-34(27-47-38-40-28-41-42-38)29(2)36(46-37)32-21-19-31(26-43)20-22-32/h17-24,28-29,34,36-37,43H,3-16,25-27H2,1-2H3,(H,39,44)(H,40,41,42). The van der Waals surface area contributed by atoms with E-state index in [1.807, 2.05) is 48.5 Å². The maximum atomic E-state index is 12.5. The molecule has 4 rings (SSSR count). The molecule has 0 radical (unpaired) electrons. The number of thioether (sulfide) groups is 1. The van der Waals surface area contributed by atoms with E-state index >= 15 is 0 Å². The molecule has 0 spiro atoms. The van der Waals surface area contributed by atoms with Gasteiger partial charge in [-0.2, -0.15) is 5.10 Å². The van der Waals surface area contributed by atoms with E-state index in [1.165, 1.54) is 77.0 Å². The summed E-state index contributed by atoms with van der Waals surface area (Å²) in [6, 6.07) is 16.1. The van der Waals surface area contributed by atoms with E-state index < -0.39 is 6.29 Å². The summed E-state index contributed by atoms with van der Waals surface area (Å²) in [5.74, 6) is 0.906. The molecule has 2 heterocycles. The van der Waals surface area contributed by atoms with Crippen molar-refractivity contribution in [3.8, 4) is 0 Å². The molecule has 4 atom stereocenters. The number of aromatic nitrogens is 3. The van der Waals surface area contributed by atoms with Gasteiger partial charge in [0.2, 0.25) is 5.91 Å². The summed E-state index contributed by atoms with van der Waals surface area (Å²) in [6.45, 7) is 4.94. The second-order valence-electron chi connectivity index (χ2n) is 12.9. The minimum absolute atomic E-state index is 0.00971. The Balaban J connectivity index is 1.18. The zero-order chi connectivity index (χ0) is 33.1. The average molecular weight is 665 g/mol. The number of carbonyl (C=O) groups excluding carboxylic acids is 1. The fraction of sp³-hybridized carbons (Fsp3) is 0.605. The van der Waals surface area contributed by atoms with Crippen molar-refractivity contribution in [2.75, 3.05) is 5.75 Å². The Morgan fingerprint density at radius 2 is 1.43 bits per heavy atom. The van der Waals surface area contributed by atoms with E-state index in [9.17, 15) is 9.90 Å². The van der Waals surface area contributed by atoms with Crippen molar-refractivity contribution in [1.29, 1.82) is 0 Å². The monoisotopic (exact) mass is 664 g/mol. The third kappa shape index (κ3) is 13.0. The van der Waals surface area contributed by atoms with Gasteiger partial charge in [0.15, 0.2) is 11.4 Å². The molecule has 4 unspecified atom stereocenters. The number of benzene rings is 2. The number of carbonyl (C=O) groups is 1. The number of rotatable bonds is 22. The quantitative estimate of drug-likeness (QED) is 0.0727. The van der Waals surface area contributed by atoms with Crippen LogP contribution in [0.15, 0.2) is 60.0 Å². The number of ether oxygens (including phenoxy) is 2. The number of hydrogen-bond donors (Lipinski definition) is 3. The summed E-state index contributed by atoms with van der Waals surface area (Å²) in [7, 11) is 0. The van der Waals surface area contributed by atoms with Crippen molar-refractivity contribution in [3.63, 3.8) is 0 Å². The van der Waals surface area contributed by atoms with Gasteiger partial charge in [0, 0.05) is 30.2 Å². The van der Waals surface area contributed by atoms with E-state index in [4.69, 9.17) is 9.47 Å². The summed E-state index contributed by atoms with van der Waals surface area (Å²) in [5.41, 5.74) is 3.91. The normalized spacial score (nSPS) is 19.6. The van der Waals surface area contributed by atoms with E-state index in [0.29, 0.717) is 18.7 Å². The van der Waals surface area contributed by atoms with E-state index in [2.05, 4.69) is 34.3 Å². The summed E-state index contributed by atoms with van der Waals surface area (Å²) < 4.78 is 13.1. The van der Waals surface area contributed by atoms with Crippen LogP contribution in [0.1, 0.15) is 138 Å². The lowest BCUT2D eigenvalue weighted by Crippen LogP contribution is -2.38. The number of aliphatic hydroxyl groups is 1. The lowest BCUT2D eigenvalue weighted by atomic mass is 9.91. The van der Waals surface area contributed by atoms with Gasteiger partial charge in [0.25, 0.3) is 0 Å². The molecule has 0 bridgehead atoms. The SMILES string of the molecule is CCCCCCCCCCCCCCCC(=O)NCc1ccc(C2OC(CSc3ncn[nH]3)C(C)C(c3ccc(CO)cc3)O2)cc1. The van der Waals surface area contributed by atoms with Gasteiger partial charge in [0.1, 0.15) is 6.33 Å². The van der Waals surface area contributed by atoms with Gasteiger partial charge < -0.3 is 19.9 Å². The summed E-state index contributed by atoms with van der Waals surface area (Å²) in [5, 5.41) is 20.2. The summed E-state index contributed by atoms with van der Waals surface area (Å²) in [4.78, 5) is 16.7. The van der Waals surface area contributed by atoms with Gasteiger partial charge in [-0.1, -0.05) is 151 Å². The van der Waals surface area contributed by atoms with Gasteiger partial charge in [-0.05, 0) is 23.1 Å². The first-order chi connectivity index (χ1) is 23.1. The molecule has 0 aliphatic carbocycles. The number of nitrogens with zero attached hydrogens (tertiary/aromatic N) is 2. The zero-order valence-electron chi connectivity index (χ0n) is 28.5. The second-order valence-corrected chi connectivity index (χ2v) is 13.9. The van der Waals surface area contributed by atoms with Crippen LogP contribution in [0.4, 0.5) is 0 Å². The molecule has 0 saturated carbocycles. The van der Waals surface area contributed by atoms with Crippen molar-refractivity contribution in [1.82, 2.24) is 20.5 Å². The Kier molecular flexibility index (Phi) is 16.8. The summed E-state index contributed by atoms with van der Waals surface area (Å²) in [6.07, 6.45) is 18.3. The van der Waals surface area contributed by atoms with Crippen molar-refractivity contribution in [2.45, 2.75) is 141 Å². The number of nitrogens with one attached hydrogen (secondary N) is 2. The van der Waals surface area contributed by atoms with Crippen LogP contribution in [0.3, 0.4) is 0 Å². The van der Waals surface area contributed by atoms with E-state index in [-0.39, 0.29) is 30.6 Å². The van der Waals surface area contributed by atoms with Crippen LogP contribution >= 0.6 is 11.8 Å². The van der Waals surface area contributed by atoms with Crippen molar-refractivity contribution in [3.05, 3.63) is 77.1 Å². The molecule has 1 aromatic heterocycles. The smallest absolute Gasteiger partial charge is 0.220 e. The predicted molar refractivity (Wildman–Crippen MR) is 189 cm³/mol. The van der Waals surface area contributed by atoms with Crippen LogP contribution in [0.5, 0.6) is 0 Å². The fourth-order valence-corrected chi connectivity index (χ4v) is 7.06. The van der Waals surface area contributed by atoms with Crippen LogP contribution in [-0.4, -0.2) is 38.1 Å². The third-order valence-electron chi connectivity index (χ3n) is 9.15. The molecule has 9 heteroatoms. The minimum Gasteiger partial charge on any atom is -0.392 e. The van der Waals surface area contributed by atoms with Crippen LogP contribution in [0.25, 0.3) is 0 Å². The first kappa shape index (κ1) is 37.1. The minimum atomic E-state index is -0.534. The highest BCUT2D eigenvalue weighted by atomic mass is 32.2. The molecule has 47 heavy (non-hydrogen) atoms. The average Bonchev–Trinajstić information content (AvgIpc) is 3.63. The molecule has 1 saturated heterocycles. The number of unbranched alkanes of at least 4 members (excludes halogenated alkanes) is 12. The molecule has 3 N–H and O–H groups in total. The zero-order valence-corrected chi connectivity index (χ0v) is 29.3. The number of H-pyrrole nitrogens is 1. The van der Waals surface area contributed by atoms with Gasteiger partial charge >= 0.3 is 0 Å². The van der Waals surface area contributed by atoms with Gasteiger partial charge in [-0.25, -0.2) is 4.98 Å². The Labute approximate surface area is 286 Å². The van der Waals surface area contributed by atoms with Crippen LogP contribution in [-0.2, 0) is 27.4 Å². The van der Waals surface area contributed by atoms with Crippen LogP contribution < -0.4 is 5.32 Å². The molecule has 2 aromatic carbocycles. The number of aromatic amines is 1. The van der Waals surface area contributed by atoms with Crippen molar-refractivity contribution in [2.24, 2.45) is 5.92 Å². The molecule has 1 aliphatic heterocycles. The molecular weight excluding hydrogens is 609 g/mol. The van der Waals surface area contributed by atoms with Crippen LogP contribution in [0.2, 0.25) is 0 Å². The molecule has 1 aliphatic rings. The fourth-order valence-electron chi connectivity index (χ4n) is 6.12. The number of amides is 1. The lowest BCUT2D eigenvalue weighted by molar-refractivity contribution is -0.268. The number of aliphatic hydroxyl groups excluding tert-OH is 1. The molecule has 3 aromatic rings.